The van der Waals surface area contributed by atoms with Crippen LogP contribution in [0.3, 0.4) is 0 Å². The van der Waals surface area contributed by atoms with Crippen molar-refractivity contribution in [3.63, 3.8) is 0 Å². The lowest BCUT2D eigenvalue weighted by molar-refractivity contribution is -0.121. The zero-order valence-corrected chi connectivity index (χ0v) is 12.9. The fourth-order valence-corrected chi connectivity index (χ4v) is 3.67. The van der Waals surface area contributed by atoms with Gasteiger partial charge in [0.15, 0.2) is 0 Å². The Balaban J connectivity index is 1.99. The lowest BCUT2D eigenvalue weighted by Gasteiger charge is -2.26. The summed E-state index contributed by atoms with van der Waals surface area (Å²) in [6, 6.07) is 15.5. The van der Waals surface area contributed by atoms with Crippen LogP contribution in [0.1, 0.15) is 24.0 Å². The van der Waals surface area contributed by atoms with Gasteiger partial charge in [0.05, 0.1) is 12.5 Å². The van der Waals surface area contributed by atoms with Crippen LogP contribution in [0.5, 0.6) is 0 Å². The quantitative estimate of drug-likeness (QED) is 0.921. The molecule has 112 valence electrons. The summed E-state index contributed by atoms with van der Waals surface area (Å²) in [5.74, 6) is -0.864. The maximum absolute atomic E-state index is 12.6. The van der Waals surface area contributed by atoms with Crippen LogP contribution < -0.4 is 5.32 Å². The SMILES string of the molecule is CCOC(=O)NC(=O)C1c2ccccc2Sc2ccccc21. The molecule has 0 saturated carbocycles. The minimum absolute atomic E-state index is 0.229. The molecule has 1 N–H and O–H groups in total. The fraction of sp³-hybridized carbons (Fsp3) is 0.176. The Morgan fingerprint density at radius 3 is 2.14 bits per heavy atom. The molecule has 0 radical (unpaired) electrons. The van der Waals surface area contributed by atoms with E-state index in [9.17, 15) is 9.59 Å². The number of fused-ring (bicyclic) bond motifs is 2. The summed E-state index contributed by atoms with van der Waals surface area (Å²) in [6.45, 7) is 1.93. The normalized spacial score (nSPS) is 13.0. The molecule has 1 aliphatic heterocycles. The summed E-state index contributed by atoms with van der Waals surface area (Å²) < 4.78 is 4.80. The molecule has 3 rings (SSSR count). The number of ether oxygens (including phenoxy) is 1. The summed E-state index contributed by atoms with van der Waals surface area (Å²) in [5, 5.41) is 2.32. The van der Waals surface area contributed by atoms with Crippen LogP contribution in [0.25, 0.3) is 0 Å². The van der Waals surface area contributed by atoms with Crippen molar-refractivity contribution in [2.45, 2.75) is 22.6 Å². The first kappa shape index (κ1) is 14.7. The van der Waals surface area contributed by atoms with E-state index in [1.807, 2.05) is 48.5 Å². The summed E-state index contributed by atoms with van der Waals surface area (Å²) >= 11 is 1.64. The molecule has 0 unspecified atom stereocenters. The topological polar surface area (TPSA) is 55.4 Å². The van der Waals surface area contributed by atoms with Crippen LogP contribution in [0.4, 0.5) is 4.79 Å². The van der Waals surface area contributed by atoms with Gasteiger partial charge in [-0.2, -0.15) is 0 Å². The van der Waals surface area contributed by atoms with Gasteiger partial charge in [-0.15, -0.1) is 0 Å². The van der Waals surface area contributed by atoms with Gasteiger partial charge in [-0.25, -0.2) is 4.79 Å². The predicted octanol–water partition coefficient (Wildman–Crippen LogP) is 3.56. The Labute approximate surface area is 132 Å². The molecule has 4 nitrogen and oxygen atoms in total. The van der Waals surface area contributed by atoms with E-state index in [1.165, 1.54) is 0 Å². The van der Waals surface area contributed by atoms with E-state index in [0.717, 1.165) is 20.9 Å². The summed E-state index contributed by atoms with van der Waals surface area (Å²) in [4.78, 5) is 26.2. The Bertz CT molecular complexity index is 684. The van der Waals surface area contributed by atoms with Crippen LogP contribution in [0.2, 0.25) is 0 Å². The minimum atomic E-state index is -0.708. The van der Waals surface area contributed by atoms with E-state index in [2.05, 4.69) is 5.32 Å². The number of imide groups is 1. The second kappa shape index (κ2) is 6.23. The Morgan fingerprint density at radius 1 is 1.05 bits per heavy atom. The first-order valence-electron chi connectivity index (χ1n) is 7.04. The van der Waals surface area contributed by atoms with E-state index < -0.39 is 12.0 Å². The van der Waals surface area contributed by atoms with Crippen molar-refractivity contribution in [3.8, 4) is 0 Å². The van der Waals surface area contributed by atoms with Crippen LogP contribution >= 0.6 is 11.8 Å². The van der Waals surface area contributed by atoms with Crippen molar-refractivity contribution < 1.29 is 14.3 Å². The molecule has 0 aromatic heterocycles. The van der Waals surface area contributed by atoms with Crippen LogP contribution in [-0.2, 0) is 9.53 Å². The highest BCUT2D eigenvalue weighted by molar-refractivity contribution is 7.99. The molecule has 0 saturated heterocycles. The smallest absolute Gasteiger partial charge is 0.413 e. The van der Waals surface area contributed by atoms with Gasteiger partial charge in [0, 0.05) is 9.79 Å². The average Bonchev–Trinajstić information content (AvgIpc) is 2.52. The highest BCUT2D eigenvalue weighted by Gasteiger charge is 2.32. The van der Waals surface area contributed by atoms with Crippen LogP contribution in [0, 0.1) is 0 Å². The molecule has 1 heterocycles. The van der Waals surface area contributed by atoms with Gasteiger partial charge < -0.3 is 4.74 Å². The second-order valence-corrected chi connectivity index (χ2v) is 5.90. The zero-order chi connectivity index (χ0) is 15.5. The molecule has 2 aromatic carbocycles. The number of nitrogens with one attached hydrogen (secondary N) is 1. The number of amides is 2. The number of hydrogen-bond acceptors (Lipinski definition) is 4. The summed E-state index contributed by atoms with van der Waals surface area (Å²) in [5.41, 5.74) is 1.82. The summed E-state index contributed by atoms with van der Waals surface area (Å²) in [7, 11) is 0. The zero-order valence-electron chi connectivity index (χ0n) is 12.0. The van der Waals surface area contributed by atoms with E-state index in [1.54, 1.807) is 18.7 Å². The van der Waals surface area contributed by atoms with Crippen molar-refractivity contribution in [3.05, 3.63) is 59.7 Å². The van der Waals surface area contributed by atoms with Crippen molar-refractivity contribution >= 4 is 23.8 Å². The number of benzene rings is 2. The Morgan fingerprint density at radius 2 is 1.59 bits per heavy atom. The Hall–Kier alpha value is -2.27. The first-order chi connectivity index (χ1) is 10.7. The van der Waals surface area contributed by atoms with Crippen LogP contribution in [0.15, 0.2) is 58.3 Å². The van der Waals surface area contributed by atoms with Crippen molar-refractivity contribution in [1.82, 2.24) is 5.32 Å². The van der Waals surface area contributed by atoms with Gasteiger partial charge in [-0.05, 0) is 30.2 Å². The van der Waals surface area contributed by atoms with Gasteiger partial charge in [0.1, 0.15) is 0 Å². The molecule has 5 heteroatoms. The Kier molecular flexibility index (Phi) is 4.15. The highest BCUT2D eigenvalue weighted by atomic mass is 32.2. The fourth-order valence-electron chi connectivity index (χ4n) is 2.53. The van der Waals surface area contributed by atoms with E-state index >= 15 is 0 Å². The van der Waals surface area contributed by atoms with E-state index in [-0.39, 0.29) is 12.5 Å². The monoisotopic (exact) mass is 313 g/mol. The average molecular weight is 313 g/mol. The third kappa shape index (κ3) is 2.72. The van der Waals surface area contributed by atoms with Crippen molar-refractivity contribution in [2.24, 2.45) is 0 Å². The standard InChI is InChI=1S/C17H15NO3S/c1-2-21-17(20)18-16(19)15-11-7-3-5-9-13(11)22-14-10-6-4-8-12(14)15/h3-10,15H,2H2,1H3,(H,18,19,20). The molecule has 22 heavy (non-hydrogen) atoms. The molecule has 1 aliphatic rings. The van der Waals surface area contributed by atoms with E-state index in [4.69, 9.17) is 4.74 Å². The summed E-state index contributed by atoms with van der Waals surface area (Å²) in [6.07, 6.45) is -0.708. The molecule has 0 spiro atoms. The molecular weight excluding hydrogens is 298 g/mol. The van der Waals surface area contributed by atoms with Gasteiger partial charge in [0.2, 0.25) is 5.91 Å². The third-order valence-corrected chi connectivity index (χ3v) is 4.63. The van der Waals surface area contributed by atoms with Crippen molar-refractivity contribution in [2.75, 3.05) is 6.61 Å². The second-order valence-electron chi connectivity index (χ2n) is 4.82. The lowest BCUT2D eigenvalue weighted by atomic mass is 9.90. The van der Waals surface area contributed by atoms with Crippen molar-refractivity contribution in [1.29, 1.82) is 0 Å². The van der Waals surface area contributed by atoms with Gasteiger partial charge in [-0.3, -0.25) is 10.1 Å². The highest BCUT2D eigenvalue weighted by Crippen LogP contribution is 2.45. The van der Waals surface area contributed by atoms with Crippen LogP contribution in [-0.4, -0.2) is 18.6 Å². The molecule has 0 atom stereocenters. The number of carbonyl (C=O) groups is 2. The molecular formula is C17H15NO3S. The number of alkyl carbamates (subject to hydrolysis) is 1. The number of carbonyl (C=O) groups excluding carboxylic acids is 2. The predicted molar refractivity (Wildman–Crippen MR) is 84.0 cm³/mol. The number of rotatable bonds is 2. The number of hydrogen-bond donors (Lipinski definition) is 1. The first-order valence-corrected chi connectivity index (χ1v) is 7.85. The third-order valence-electron chi connectivity index (χ3n) is 3.44. The largest absolute Gasteiger partial charge is 0.450 e. The van der Waals surface area contributed by atoms with Gasteiger partial charge in [-0.1, -0.05) is 48.2 Å². The maximum Gasteiger partial charge on any atom is 0.413 e. The van der Waals surface area contributed by atoms with Gasteiger partial charge in [0.25, 0.3) is 0 Å². The minimum Gasteiger partial charge on any atom is -0.450 e. The maximum atomic E-state index is 12.6. The lowest BCUT2D eigenvalue weighted by Crippen LogP contribution is -2.36. The van der Waals surface area contributed by atoms with Gasteiger partial charge >= 0.3 is 6.09 Å². The van der Waals surface area contributed by atoms with E-state index in [0.29, 0.717) is 0 Å². The molecule has 0 aliphatic carbocycles. The molecule has 2 aromatic rings. The molecule has 2 amide bonds. The molecule has 0 bridgehead atoms. The molecule has 0 fully saturated rings.